The van der Waals surface area contributed by atoms with E-state index in [4.69, 9.17) is 4.74 Å². The van der Waals surface area contributed by atoms with Crippen LogP contribution in [0.25, 0.3) is 0 Å². The molecule has 3 N–H and O–H groups in total. The fourth-order valence-corrected chi connectivity index (χ4v) is 5.20. The summed E-state index contributed by atoms with van der Waals surface area (Å²) in [6.07, 6.45) is 14.8. The van der Waals surface area contributed by atoms with Crippen LogP contribution < -0.4 is 10.9 Å². The van der Waals surface area contributed by atoms with Crippen molar-refractivity contribution in [3.63, 3.8) is 0 Å². The van der Waals surface area contributed by atoms with E-state index >= 15 is 0 Å². The van der Waals surface area contributed by atoms with Crippen molar-refractivity contribution in [3.05, 3.63) is 0 Å². The first-order valence-electron chi connectivity index (χ1n) is 10.4. The number of rotatable bonds is 4. The lowest BCUT2D eigenvalue weighted by molar-refractivity contribution is -0.0807. The number of hydrazine groups is 2. The molecule has 3 aliphatic carbocycles. The molecule has 4 fully saturated rings. The lowest BCUT2D eigenvalue weighted by atomic mass is 9.88. The third-order valence-corrected chi connectivity index (χ3v) is 6.73. The number of fused-ring (bicyclic) bond motifs is 1. The smallest absolute Gasteiger partial charge is 0.0748 e. The van der Waals surface area contributed by atoms with Crippen LogP contribution >= 0.6 is 0 Å². The van der Waals surface area contributed by atoms with Crippen molar-refractivity contribution < 1.29 is 9.84 Å². The van der Waals surface area contributed by atoms with Gasteiger partial charge in [-0.15, -0.1) is 0 Å². The molecule has 4 aliphatic rings. The van der Waals surface area contributed by atoms with E-state index in [1.807, 2.05) is 0 Å². The van der Waals surface area contributed by atoms with Crippen LogP contribution in [0.5, 0.6) is 0 Å². The Labute approximate surface area is 146 Å². The first kappa shape index (κ1) is 17.2. The van der Waals surface area contributed by atoms with Gasteiger partial charge in [0.1, 0.15) is 0 Å². The summed E-state index contributed by atoms with van der Waals surface area (Å²) in [5.41, 5.74) is 7.23. The molecule has 0 aromatic heterocycles. The van der Waals surface area contributed by atoms with E-state index in [0.29, 0.717) is 12.1 Å². The molecule has 0 aromatic rings. The van der Waals surface area contributed by atoms with Crippen molar-refractivity contribution in [2.24, 2.45) is 5.92 Å². The van der Waals surface area contributed by atoms with Crippen molar-refractivity contribution in [1.82, 2.24) is 16.0 Å². The lowest BCUT2D eigenvalue weighted by Gasteiger charge is -2.38. The molecule has 0 spiro atoms. The Kier molecular flexibility index (Phi) is 5.74. The van der Waals surface area contributed by atoms with Crippen LogP contribution in [0.15, 0.2) is 0 Å². The summed E-state index contributed by atoms with van der Waals surface area (Å²) in [5, 5.41) is 12.8. The van der Waals surface area contributed by atoms with Gasteiger partial charge in [-0.2, -0.15) is 5.12 Å². The molecule has 4 rings (SSSR count). The summed E-state index contributed by atoms with van der Waals surface area (Å²) >= 11 is 0. The molecule has 1 heterocycles. The Balaban J connectivity index is 1.23. The highest BCUT2D eigenvalue weighted by Gasteiger charge is 2.41. The quantitative estimate of drug-likeness (QED) is 0.736. The molecule has 0 amide bonds. The monoisotopic (exact) mass is 337 g/mol. The van der Waals surface area contributed by atoms with Gasteiger partial charge in [-0.05, 0) is 44.4 Å². The molecule has 1 aliphatic heterocycles. The van der Waals surface area contributed by atoms with Crippen molar-refractivity contribution in [2.75, 3.05) is 6.61 Å². The largest absolute Gasteiger partial charge is 0.391 e. The summed E-state index contributed by atoms with van der Waals surface area (Å²) < 4.78 is 6.18. The Hall–Kier alpha value is -0.200. The Morgan fingerprint density at radius 3 is 2.17 bits per heavy atom. The third-order valence-electron chi connectivity index (χ3n) is 6.73. The van der Waals surface area contributed by atoms with Gasteiger partial charge in [0.05, 0.1) is 18.2 Å². The summed E-state index contributed by atoms with van der Waals surface area (Å²) in [7, 11) is 0. The number of hydrogen-bond donors (Lipinski definition) is 3. The predicted octanol–water partition coefficient (Wildman–Crippen LogP) is 2.50. The van der Waals surface area contributed by atoms with Crippen LogP contribution in [0.4, 0.5) is 0 Å². The highest BCUT2D eigenvalue weighted by atomic mass is 16.5. The zero-order valence-corrected chi connectivity index (χ0v) is 15.0. The highest BCUT2D eigenvalue weighted by molar-refractivity contribution is 4.94. The van der Waals surface area contributed by atoms with Crippen molar-refractivity contribution >= 4 is 0 Å². The van der Waals surface area contributed by atoms with Gasteiger partial charge in [0.2, 0.25) is 0 Å². The normalized spacial score (nSPS) is 42.1. The van der Waals surface area contributed by atoms with Crippen LogP contribution in [-0.4, -0.2) is 47.2 Å². The number of hydrogen-bond acceptors (Lipinski definition) is 5. The van der Waals surface area contributed by atoms with Crippen LogP contribution in [0.2, 0.25) is 0 Å². The average molecular weight is 338 g/mol. The SMILES string of the molecule is OC1CC(OCC2CCCCC2)CCC1N1NC2CCCCC2N1. The van der Waals surface area contributed by atoms with Crippen LogP contribution in [0.1, 0.15) is 77.0 Å². The van der Waals surface area contributed by atoms with E-state index < -0.39 is 0 Å². The van der Waals surface area contributed by atoms with Crippen molar-refractivity contribution in [2.45, 2.75) is 107 Å². The number of nitrogens with zero attached hydrogens (tertiary/aromatic N) is 1. The predicted molar refractivity (Wildman–Crippen MR) is 94.1 cm³/mol. The number of aliphatic hydroxyl groups is 1. The summed E-state index contributed by atoms with van der Waals surface area (Å²) in [4.78, 5) is 0. The van der Waals surface area contributed by atoms with Gasteiger partial charge in [0, 0.05) is 25.1 Å². The van der Waals surface area contributed by atoms with Crippen molar-refractivity contribution in [1.29, 1.82) is 0 Å². The molecule has 3 saturated carbocycles. The van der Waals surface area contributed by atoms with E-state index in [9.17, 15) is 5.11 Å². The van der Waals surface area contributed by atoms with Gasteiger partial charge in [-0.3, -0.25) is 0 Å². The maximum absolute atomic E-state index is 10.7. The van der Waals surface area contributed by atoms with Crippen LogP contribution in [-0.2, 0) is 4.74 Å². The maximum atomic E-state index is 10.7. The molecular formula is C19H35N3O2. The zero-order valence-electron chi connectivity index (χ0n) is 15.0. The van der Waals surface area contributed by atoms with Gasteiger partial charge in [0.15, 0.2) is 0 Å². The van der Waals surface area contributed by atoms with Crippen LogP contribution in [0.3, 0.4) is 0 Å². The lowest BCUT2D eigenvalue weighted by Crippen LogP contribution is -2.55. The second-order valence-electron chi connectivity index (χ2n) is 8.53. The summed E-state index contributed by atoms with van der Waals surface area (Å²) in [6.45, 7) is 0.909. The first-order chi connectivity index (χ1) is 11.8. The molecule has 0 bridgehead atoms. The minimum absolute atomic E-state index is 0.185. The fourth-order valence-electron chi connectivity index (χ4n) is 5.20. The van der Waals surface area contributed by atoms with Gasteiger partial charge >= 0.3 is 0 Å². The summed E-state index contributed by atoms with van der Waals surface area (Å²) in [6, 6.07) is 1.31. The topological polar surface area (TPSA) is 56.8 Å². The molecule has 5 atom stereocenters. The Morgan fingerprint density at radius 1 is 0.833 bits per heavy atom. The molecule has 5 nitrogen and oxygen atoms in total. The van der Waals surface area contributed by atoms with Gasteiger partial charge in [-0.1, -0.05) is 32.1 Å². The number of aliphatic hydroxyl groups excluding tert-OH is 1. The third kappa shape index (κ3) is 3.96. The fraction of sp³-hybridized carbons (Fsp3) is 1.00. The molecule has 0 aromatic carbocycles. The maximum Gasteiger partial charge on any atom is 0.0748 e. The summed E-state index contributed by atoms with van der Waals surface area (Å²) in [5.74, 6) is 0.763. The molecule has 5 heteroatoms. The molecule has 5 unspecified atom stereocenters. The van der Waals surface area contributed by atoms with Gasteiger partial charge in [0.25, 0.3) is 0 Å². The molecular weight excluding hydrogens is 302 g/mol. The van der Waals surface area contributed by atoms with Gasteiger partial charge in [-0.25, -0.2) is 10.9 Å². The number of ether oxygens (including phenoxy) is 1. The minimum Gasteiger partial charge on any atom is -0.391 e. The molecule has 0 radical (unpaired) electrons. The first-order valence-corrected chi connectivity index (χ1v) is 10.4. The van der Waals surface area contributed by atoms with E-state index in [0.717, 1.165) is 31.8 Å². The second-order valence-corrected chi connectivity index (χ2v) is 8.53. The average Bonchev–Trinajstić information content (AvgIpc) is 3.04. The second kappa shape index (κ2) is 8.00. The molecule has 1 saturated heterocycles. The van der Waals surface area contributed by atoms with Crippen LogP contribution in [0, 0.1) is 5.92 Å². The van der Waals surface area contributed by atoms with E-state index in [2.05, 4.69) is 16.0 Å². The zero-order chi connectivity index (χ0) is 16.4. The Bertz CT molecular complexity index is 388. The Morgan fingerprint density at radius 2 is 1.50 bits per heavy atom. The molecule has 138 valence electrons. The highest BCUT2D eigenvalue weighted by Crippen LogP contribution is 2.30. The standard InChI is InChI=1S/C19H35N3O2/c23-19-12-15(24-13-14-6-2-1-3-7-14)10-11-18(19)22-20-16-8-4-5-9-17(16)21-22/h14-21,23H,1-13H2. The van der Waals surface area contributed by atoms with E-state index in [-0.39, 0.29) is 18.2 Å². The minimum atomic E-state index is -0.296. The number of nitrogens with one attached hydrogen (secondary N) is 2. The van der Waals surface area contributed by atoms with Gasteiger partial charge < -0.3 is 9.84 Å². The van der Waals surface area contributed by atoms with Crippen molar-refractivity contribution in [3.8, 4) is 0 Å². The van der Waals surface area contributed by atoms with E-state index in [1.165, 1.54) is 57.8 Å². The van der Waals surface area contributed by atoms with E-state index in [1.54, 1.807) is 0 Å². The molecule has 24 heavy (non-hydrogen) atoms.